The van der Waals surface area contributed by atoms with E-state index in [1.807, 2.05) is 12.1 Å². The summed E-state index contributed by atoms with van der Waals surface area (Å²) >= 11 is 0. The van der Waals surface area contributed by atoms with Gasteiger partial charge in [0.2, 0.25) is 0 Å². The van der Waals surface area contributed by atoms with E-state index in [-0.39, 0.29) is 0 Å². The van der Waals surface area contributed by atoms with Crippen LogP contribution in [0.15, 0.2) is 48.7 Å². The molecule has 1 unspecified atom stereocenters. The van der Waals surface area contributed by atoms with Crippen molar-refractivity contribution in [1.29, 1.82) is 0 Å². The number of aliphatic carboxylic acids is 2. The number of ether oxygens (including phenoxy) is 1. The van der Waals surface area contributed by atoms with Crippen LogP contribution in [-0.4, -0.2) is 93.5 Å². The van der Waals surface area contributed by atoms with E-state index in [1.54, 1.807) is 7.11 Å². The number of hydrogen-bond acceptors (Lipinski definition) is 6. The topological polar surface area (TPSA) is 108 Å². The predicted octanol–water partition coefficient (Wildman–Crippen LogP) is 5.12. The van der Waals surface area contributed by atoms with Gasteiger partial charge in [-0.15, -0.1) is 0 Å². The molecule has 2 aliphatic rings. The van der Waals surface area contributed by atoms with Crippen molar-refractivity contribution >= 4 is 17.6 Å². The van der Waals surface area contributed by atoms with E-state index in [1.165, 1.54) is 37.1 Å². The van der Waals surface area contributed by atoms with Gasteiger partial charge < -0.3 is 14.9 Å². The number of likely N-dealkylation sites (N-methyl/N-ethyl adjacent to an activating group) is 1. The Kier molecular flexibility index (Phi) is 10.4. The van der Waals surface area contributed by atoms with Crippen LogP contribution in [0.1, 0.15) is 31.0 Å². The third-order valence-electron chi connectivity index (χ3n) is 6.99. The lowest BCUT2D eigenvalue weighted by Crippen LogP contribution is -2.52. The molecule has 0 spiro atoms. The molecule has 2 N–H and O–H groups in total. The highest BCUT2D eigenvalue weighted by Crippen LogP contribution is 2.32. The molecule has 42 heavy (non-hydrogen) atoms. The lowest BCUT2D eigenvalue weighted by Gasteiger charge is -2.45. The first-order chi connectivity index (χ1) is 19.6. The third kappa shape index (κ3) is 8.35. The maximum atomic E-state index is 10.6. The van der Waals surface area contributed by atoms with E-state index < -0.39 is 24.3 Å². The fourth-order valence-electron chi connectivity index (χ4n) is 4.48. The fourth-order valence-corrected chi connectivity index (χ4v) is 4.48. The molecule has 1 aliphatic carbocycles. The zero-order valence-electron chi connectivity index (χ0n) is 22.7. The number of fused-ring (bicyclic) bond motifs is 1. The van der Waals surface area contributed by atoms with Gasteiger partial charge in [0.05, 0.1) is 24.5 Å². The Bertz CT molecular complexity index is 1330. The second-order valence-corrected chi connectivity index (χ2v) is 9.72. The molecule has 1 aromatic carbocycles. The Hall–Kier alpha value is -3.85. The normalized spacial score (nSPS) is 18.2. The minimum absolute atomic E-state index is 0.359. The van der Waals surface area contributed by atoms with Crippen LogP contribution in [0.25, 0.3) is 16.9 Å². The van der Waals surface area contributed by atoms with Crippen LogP contribution >= 0.6 is 0 Å². The zero-order chi connectivity index (χ0) is 31.2. The van der Waals surface area contributed by atoms with Crippen molar-refractivity contribution in [2.75, 3.05) is 33.8 Å². The Labute approximate surface area is 236 Å². The third-order valence-corrected chi connectivity index (χ3v) is 6.99. The molecule has 15 heteroatoms. The summed E-state index contributed by atoms with van der Waals surface area (Å²) in [7, 11) is 3.93. The molecule has 1 saturated carbocycles. The molecule has 0 radical (unpaired) electrons. The van der Waals surface area contributed by atoms with Crippen LogP contribution < -0.4 is 4.74 Å². The quantitative estimate of drug-likeness (QED) is 0.396. The number of carboxylic acids is 2. The first kappa shape index (κ1) is 32.7. The second kappa shape index (κ2) is 13.4. The number of alkyl halides is 6. The number of piperazine rings is 1. The summed E-state index contributed by atoms with van der Waals surface area (Å²) in [6.45, 7) is 3.38. The van der Waals surface area contributed by atoms with Gasteiger partial charge in [-0.05, 0) is 61.9 Å². The number of pyridine rings is 1. The van der Waals surface area contributed by atoms with Crippen LogP contribution in [0.3, 0.4) is 0 Å². The lowest BCUT2D eigenvalue weighted by atomic mass is 9.90. The van der Waals surface area contributed by atoms with Crippen molar-refractivity contribution in [2.45, 2.75) is 43.7 Å². The summed E-state index contributed by atoms with van der Waals surface area (Å²) in [6.07, 6.45) is -3.81. The number of nitrogens with zero attached hydrogens (tertiary/aromatic N) is 4. The Morgan fingerprint density at radius 3 is 1.98 bits per heavy atom. The number of rotatable bonds is 4. The van der Waals surface area contributed by atoms with Gasteiger partial charge in [0.15, 0.2) is 0 Å². The molecule has 3 heterocycles. The number of methoxy groups -OCH3 is 1. The van der Waals surface area contributed by atoms with Crippen molar-refractivity contribution in [3.8, 4) is 17.0 Å². The smallest absolute Gasteiger partial charge is 0.490 e. The van der Waals surface area contributed by atoms with Crippen molar-refractivity contribution in [3.63, 3.8) is 0 Å². The van der Waals surface area contributed by atoms with Gasteiger partial charge in [0.1, 0.15) is 11.4 Å². The van der Waals surface area contributed by atoms with Gasteiger partial charge in [0.25, 0.3) is 0 Å². The van der Waals surface area contributed by atoms with E-state index in [9.17, 15) is 26.3 Å². The van der Waals surface area contributed by atoms with Crippen LogP contribution in [-0.2, 0) is 9.59 Å². The highest BCUT2D eigenvalue weighted by atomic mass is 19.4. The van der Waals surface area contributed by atoms with Crippen LogP contribution in [0.4, 0.5) is 26.3 Å². The van der Waals surface area contributed by atoms with Crippen LogP contribution in [0, 0.1) is 0 Å². The van der Waals surface area contributed by atoms with E-state index >= 15 is 0 Å². The number of benzene rings is 1. The van der Waals surface area contributed by atoms with Crippen molar-refractivity contribution in [2.24, 2.45) is 0 Å². The summed E-state index contributed by atoms with van der Waals surface area (Å²) < 4.78 is 71.0. The van der Waals surface area contributed by atoms with E-state index in [4.69, 9.17) is 29.5 Å². The molecule has 1 atom stereocenters. The van der Waals surface area contributed by atoms with Crippen molar-refractivity contribution in [3.05, 3.63) is 54.4 Å². The highest BCUT2D eigenvalue weighted by molar-refractivity contribution is 5.73. The van der Waals surface area contributed by atoms with Gasteiger partial charge in [-0.2, -0.15) is 26.3 Å². The summed E-state index contributed by atoms with van der Waals surface area (Å²) in [5.74, 6) is -4.64. The van der Waals surface area contributed by atoms with Gasteiger partial charge in [0, 0.05) is 31.9 Å². The SMILES string of the molecule is COc1ccc(-c2cccc3nc(C4CN(C5CCC5)CCN4C)cn23)cc1.O=C(O)C(F)(F)F.O=C(O)C(F)(F)F. The van der Waals surface area contributed by atoms with E-state index in [0.29, 0.717) is 6.04 Å². The monoisotopic (exact) mass is 604 g/mol. The Morgan fingerprint density at radius 2 is 1.50 bits per heavy atom. The molecule has 2 aromatic heterocycles. The molecule has 230 valence electrons. The van der Waals surface area contributed by atoms with E-state index in [2.05, 4.69) is 57.8 Å². The van der Waals surface area contributed by atoms with Gasteiger partial charge in [-0.3, -0.25) is 14.2 Å². The maximum Gasteiger partial charge on any atom is 0.490 e. The Balaban J connectivity index is 0.000000289. The van der Waals surface area contributed by atoms with Gasteiger partial charge in [-0.25, -0.2) is 14.6 Å². The Morgan fingerprint density at radius 1 is 0.929 bits per heavy atom. The minimum atomic E-state index is -5.08. The van der Waals surface area contributed by atoms with Crippen molar-refractivity contribution < 1.29 is 50.9 Å². The number of aromatic nitrogens is 2. The fraction of sp³-hybridized carbons (Fsp3) is 0.444. The second-order valence-electron chi connectivity index (χ2n) is 9.72. The van der Waals surface area contributed by atoms with Crippen LogP contribution in [0.5, 0.6) is 5.75 Å². The molecular weight excluding hydrogens is 574 g/mol. The lowest BCUT2D eigenvalue weighted by molar-refractivity contribution is -0.193. The maximum absolute atomic E-state index is 10.6. The summed E-state index contributed by atoms with van der Waals surface area (Å²) in [5, 5.41) is 14.2. The zero-order valence-corrected chi connectivity index (χ0v) is 22.7. The molecule has 3 aromatic rings. The minimum Gasteiger partial charge on any atom is -0.497 e. The number of halogens is 6. The van der Waals surface area contributed by atoms with E-state index in [0.717, 1.165) is 36.2 Å². The largest absolute Gasteiger partial charge is 0.497 e. The van der Waals surface area contributed by atoms with Crippen molar-refractivity contribution in [1.82, 2.24) is 19.2 Å². The molecule has 1 saturated heterocycles. The number of carbonyl (C=O) groups is 2. The number of carboxylic acid groups (broad SMARTS) is 2. The molecule has 2 fully saturated rings. The molecule has 1 aliphatic heterocycles. The summed E-state index contributed by atoms with van der Waals surface area (Å²) in [5.41, 5.74) is 4.52. The van der Waals surface area contributed by atoms with Gasteiger partial charge >= 0.3 is 24.3 Å². The van der Waals surface area contributed by atoms with Crippen LogP contribution in [0.2, 0.25) is 0 Å². The average Bonchev–Trinajstić information content (AvgIpc) is 3.33. The number of imidazole rings is 1. The molecule has 5 rings (SSSR count). The first-order valence-electron chi connectivity index (χ1n) is 12.8. The number of hydrogen-bond donors (Lipinski definition) is 2. The average molecular weight is 605 g/mol. The standard InChI is InChI=1S/C23H28N4O.2C2HF3O2/c1-25-13-14-26(18-5-3-6-18)16-22(25)20-15-27-21(7-4-8-23(27)24-20)17-9-11-19(28-2)12-10-17;2*3-2(4,5)1(6)7/h4,7-12,15,18,22H,3,5-6,13-14,16H2,1-2H3;2*(H,6,7). The van der Waals surface area contributed by atoms with Gasteiger partial charge in [-0.1, -0.05) is 12.5 Å². The summed E-state index contributed by atoms with van der Waals surface area (Å²) in [4.78, 5) is 28.0. The predicted molar refractivity (Wildman–Crippen MR) is 139 cm³/mol. The summed E-state index contributed by atoms with van der Waals surface area (Å²) in [6, 6.07) is 15.7. The molecule has 0 bridgehead atoms. The first-order valence-corrected chi connectivity index (χ1v) is 12.8. The molecular formula is C27H30F6N4O5. The molecule has 0 amide bonds. The molecule has 9 nitrogen and oxygen atoms in total. The highest BCUT2D eigenvalue weighted by Gasteiger charge is 2.39.